The van der Waals surface area contributed by atoms with Crippen LogP contribution in [0.1, 0.15) is 0 Å². The van der Waals surface area contributed by atoms with Gasteiger partial charge >= 0.3 is 5.97 Å². The number of methoxy groups -OCH3 is 1. The smallest absolute Gasteiger partial charge is 0.337 e. The van der Waals surface area contributed by atoms with Gasteiger partial charge in [0.05, 0.1) is 13.7 Å². The van der Waals surface area contributed by atoms with Crippen molar-refractivity contribution >= 4 is 5.97 Å². The third kappa shape index (κ3) is 2.74. The fourth-order valence-electron chi connectivity index (χ4n) is 0.579. The van der Waals surface area contributed by atoms with E-state index in [0.717, 1.165) is 7.11 Å². The Morgan fingerprint density at radius 3 is 2.25 bits per heavy atom. The Balaban J connectivity index is 4.08. The van der Waals surface area contributed by atoms with Crippen LogP contribution < -0.4 is 0 Å². The number of ether oxygens (including phenoxy) is 1. The molecule has 0 radical (unpaired) electrons. The normalized spacial score (nSPS) is 18.1. The van der Waals surface area contributed by atoms with Crippen molar-refractivity contribution < 1.29 is 30.0 Å². The summed E-state index contributed by atoms with van der Waals surface area (Å²) in [5.74, 6) is -1.06. The fraction of sp³-hybridized carbons (Fsp3) is 0.833. The van der Waals surface area contributed by atoms with Gasteiger partial charge in [0.25, 0.3) is 0 Å². The molecule has 72 valence electrons. The zero-order valence-electron chi connectivity index (χ0n) is 6.54. The summed E-state index contributed by atoms with van der Waals surface area (Å²) in [6.07, 6.45) is -5.13. The summed E-state index contributed by atoms with van der Waals surface area (Å²) in [5, 5.41) is 34.9. The van der Waals surface area contributed by atoms with Crippen LogP contribution in [0.4, 0.5) is 0 Å². The number of carbonyl (C=O) groups is 1. The lowest BCUT2D eigenvalue weighted by molar-refractivity contribution is -0.162. The number of aliphatic hydroxyl groups excluding tert-OH is 4. The van der Waals surface area contributed by atoms with Crippen molar-refractivity contribution in [2.75, 3.05) is 13.7 Å². The molecule has 4 N–H and O–H groups in total. The Labute approximate surface area is 69.0 Å². The highest BCUT2D eigenvalue weighted by Crippen LogP contribution is 2.01. The highest BCUT2D eigenvalue weighted by molar-refractivity contribution is 5.74. The van der Waals surface area contributed by atoms with E-state index in [0.29, 0.717) is 0 Å². The van der Waals surface area contributed by atoms with Crippen molar-refractivity contribution in [3.63, 3.8) is 0 Å². The van der Waals surface area contributed by atoms with Crippen LogP contribution in [0.25, 0.3) is 0 Å². The molecule has 6 nitrogen and oxygen atoms in total. The summed E-state index contributed by atoms with van der Waals surface area (Å²) >= 11 is 0. The van der Waals surface area contributed by atoms with Crippen molar-refractivity contribution in [1.29, 1.82) is 0 Å². The second-order valence-electron chi connectivity index (χ2n) is 2.21. The molecule has 0 heterocycles. The van der Waals surface area contributed by atoms with Gasteiger partial charge in [-0.05, 0) is 0 Å². The minimum Gasteiger partial charge on any atom is -0.467 e. The number of carbonyl (C=O) groups excluding carboxylic acids is 1. The van der Waals surface area contributed by atoms with Crippen LogP contribution in [0.3, 0.4) is 0 Å². The number of hydrogen-bond acceptors (Lipinski definition) is 6. The minimum atomic E-state index is -1.84. The van der Waals surface area contributed by atoms with Gasteiger partial charge in [-0.3, -0.25) is 0 Å². The molecule has 0 aromatic heterocycles. The predicted molar refractivity (Wildman–Crippen MR) is 37.1 cm³/mol. The van der Waals surface area contributed by atoms with Crippen molar-refractivity contribution in [3.05, 3.63) is 0 Å². The zero-order chi connectivity index (χ0) is 9.72. The van der Waals surface area contributed by atoms with Crippen LogP contribution in [0.5, 0.6) is 0 Å². The van der Waals surface area contributed by atoms with E-state index in [4.69, 9.17) is 20.4 Å². The Kier molecular flexibility index (Phi) is 4.75. The maximum absolute atomic E-state index is 10.5. The highest BCUT2D eigenvalue weighted by Gasteiger charge is 2.30. The first-order valence-electron chi connectivity index (χ1n) is 3.27. The zero-order valence-corrected chi connectivity index (χ0v) is 6.54. The van der Waals surface area contributed by atoms with Gasteiger partial charge in [-0.2, -0.15) is 0 Å². The third-order valence-electron chi connectivity index (χ3n) is 1.35. The molecule has 0 rings (SSSR count). The van der Waals surface area contributed by atoms with Crippen LogP contribution >= 0.6 is 0 Å². The highest BCUT2D eigenvalue weighted by atomic mass is 16.5. The molecule has 0 saturated heterocycles. The van der Waals surface area contributed by atoms with Crippen LogP contribution in [0, 0.1) is 0 Å². The summed E-state index contributed by atoms with van der Waals surface area (Å²) in [7, 11) is 1.03. The molecule has 6 heteroatoms. The Bertz CT molecular complexity index is 147. The van der Waals surface area contributed by atoms with Crippen LogP contribution in [0.2, 0.25) is 0 Å². The number of rotatable bonds is 4. The quantitative estimate of drug-likeness (QED) is 0.349. The van der Waals surface area contributed by atoms with Gasteiger partial charge in [0.1, 0.15) is 12.2 Å². The second-order valence-corrected chi connectivity index (χ2v) is 2.21. The van der Waals surface area contributed by atoms with Crippen LogP contribution in [0.15, 0.2) is 0 Å². The molecule has 12 heavy (non-hydrogen) atoms. The van der Waals surface area contributed by atoms with E-state index >= 15 is 0 Å². The van der Waals surface area contributed by atoms with E-state index in [2.05, 4.69) is 4.74 Å². The van der Waals surface area contributed by atoms with Crippen molar-refractivity contribution in [3.8, 4) is 0 Å². The first-order chi connectivity index (χ1) is 5.54. The van der Waals surface area contributed by atoms with Gasteiger partial charge in [0, 0.05) is 0 Å². The van der Waals surface area contributed by atoms with E-state index < -0.39 is 30.9 Å². The molecule has 0 aromatic carbocycles. The third-order valence-corrected chi connectivity index (χ3v) is 1.35. The van der Waals surface area contributed by atoms with Crippen LogP contribution in [-0.2, 0) is 9.53 Å². The average Bonchev–Trinajstić information content (AvgIpc) is 2.12. The van der Waals surface area contributed by atoms with Gasteiger partial charge in [-0.1, -0.05) is 0 Å². The molecular formula is C6H12O6. The van der Waals surface area contributed by atoms with Crippen molar-refractivity contribution in [1.82, 2.24) is 0 Å². The molecule has 3 atom stereocenters. The molecule has 0 fully saturated rings. The van der Waals surface area contributed by atoms with E-state index in [-0.39, 0.29) is 0 Å². The first-order valence-corrected chi connectivity index (χ1v) is 3.27. The average molecular weight is 180 g/mol. The van der Waals surface area contributed by atoms with E-state index in [9.17, 15) is 4.79 Å². The second kappa shape index (κ2) is 5.04. The molecule has 0 aliphatic carbocycles. The summed E-state index contributed by atoms with van der Waals surface area (Å²) in [5.41, 5.74) is 0. The Morgan fingerprint density at radius 1 is 1.42 bits per heavy atom. The lowest BCUT2D eigenvalue weighted by atomic mass is 10.1. The molecule has 0 amide bonds. The first kappa shape index (κ1) is 11.3. The van der Waals surface area contributed by atoms with Gasteiger partial charge in [0.15, 0.2) is 6.10 Å². The summed E-state index contributed by atoms with van der Waals surface area (Å²) in [6.45, 7) is -0.741. The summed E-state index contributed by atoms with van der Waals surface area (Å²) in [4.78, 5) is 10.5. The largest absolute Gasteiger partial charge is 0.467 e. The van der Waals surface area contributed by atoms with Crippen LogP contribution in [-0.4, -0.2) is 58.4 Å². The molecule has 0 spiro atoms. The number of aliphatic hydroxyl groups is 4. The lowest BCUT2D eigenvalue weighted by Gasteiger charge is -2.19. The van der Waals surface area contributed by atoms with Crippen molar-refractivity contribution in [2.45, 2.75) is 18.3 Å². The number of hydrogen-bond donors (Lipinski definition) is 4. The molecule has 0 aromatic rings. The van der Waals surface area contributed by atoms with Gasteiger partial charge in [0.2, 0.25) is 0 Å². The number of esters is 1. The fourth-order valence-corrected chi connectivity index (χ4v) is 0.579. The monoisotopic (exact) mass is 180 g/mol. The Morgan fingerprint density at radius 2 is 1.92 bits per heavy atom. The van der Waals surface area contributed by atoms with E-state index in [1.807, 2.05) is 0 Å². The molecule has 0 saturated carbocycles. The maximum Gasteiger partial charge on any atom is 0.337 e. The predicted octanol–water partition coefficient (Wildman–Crippen LogP) is -2.77. The molecule has 0 unspecified atom stereocenters. The van der Waals surface area contributed by atoms with E-state index in [1.54, 1.807) is 0 Å². The molecule has 0 bridgehead atoms. The minimum absolute atomic E-state index is 0.741. The van der Waals surface area contributed by atoms with E-state index in [1.165, 1.54) is 0 Å². The summed E-state index contributed by atoms with van der Waals surface area (Å²) in [6, 6.07) is 0. The SMILES string of the molecule is COC(=O)[C@@H](O)[C@@H](O)[C@H](O)CO. The molecule has 0 aliphatic heterocycles. The van der Waals surface area contributed by atoms with Gasteiger partial charge in [-0.15, -0.1) is 0 Å². The summed E-state index contributed by atoms with van der Waals surface area (Å²) < 4.78 is 4.09. The standard InChI is InChI=1S/C6H12O6/c1-12-6(11)5(10)4(9)3(8)2-7/h3-5,7-10H,2H2,1H3/t3-,4+,5+/m1/s1. The van der Waals surface area contributed by atoms with Crippen molar-refractivity contribution in [2.24, 2.45) is 0 Å². The molecular weight excluding hydrogens is 168 g/mol. The topological polar surface area (TPSA) is 107 Å². The molecule has 0 aliphatic rings. The maximum atomic E-state index is 10.5. The lowest BCUT2D eigenvalue weighted by Crippen LogP contribution is -2.44. The van der Waals surface area contributed by atoms with Gasteiger partial charge < -0.3 is 25.2 Å². The Hall–Kier alpha value is -0.690. The van der Waals surface area contributed by atoms with Gasteiger partial charge in [-0.25, -0.2) is 4.79 Å².